The van der Waals surface area contributed by atoms with Crippen molar-refractivity contribution in [2.24, 2.45) is 0 Å². The summed E-state index contributed by atoms with van der Waals surface area (Å²) in [6, 6.07) is -0.00815. The molecule has 2 aromatic heterocycles. The first-order chi connectivity index (χ1) is 9.58. The summed E-state index contributed by atoms with van der Waals surface area (Å²) in [6.07, 6.45) is 3.52. The van der Waals surface area contributed by atoms with E-state index in [0.29, 0.717) is 15.6 Å². The molecule has 2 aromatic rings. The molecule has 0 fully saturated rings. The van der Waals surface area contributed by atoms with Crippen LogP contribution in [0.5, 0.6) is 5.75 Å². The zero-order valence-corrected chi connectivity index (χ0v) is 12.2. The number of esters is 1. The van der Waals surface area contributed by atoms with Gasteiger partial charge in [0.2, 0.25) is 0 Å². The molecule has 7 nitrogen and oxygen atoms in total. The van der Waals surface area contributed by atoms with E-state index >= 15 is 0 Å². The number of anilines is 2. The lowest BCUT2D eigenvalue weighted by atomic mass is 10.2. The average Bonchev–Trinajstić information content (AvgIpc) is 3.06. The van der Waals surface area contributed by atoms with Gasteiger partial charge in [-0.1, -0.05) is 0 Å². The molecule has 0 saturated heterocycles. The van der Waals surface area contributed by atoms with Gasteiger partial charge in [0.15, 0.2) is 5.75 Å². The smallest absolute Gasteiger partial charge is 0.350 e. The summed E-state index contributed by atoms with van der Waals surface area (Å²) in [5, 5.41) is 10.6. The summed E-state index contributed by atoms with van der Waals surface area (Å²) in [5.74, 6) is -0.0273. The number of rotatable bonds is 5. The van der Waals surface area contributed by atoms with Crippen LogP contribution in [0.15, 0.2) is 12.4 Å². The molecule has 0 aliphatic rings. The summed E-state index contributed by atoms with van der Waals surface area (Å²) in [5.41, 5.74) is 7.18. The van der Waals surface area contributed by atoms with Crippen LogP contribution in [0.2, 0.25) is 0 Å². The number of hydrogen-bond acceptors (Lipinski definition) is 7. The molecule has 0 radical (unpaired) electrons. The molecule has 0 bridgehead atoms. The van der Waals surface area contributed by atoms with E-state index in [1.54, 1.807) is 12.4 Å². The Labute approximate surface area is 120 Å². The molecule has 0 aliphatic heterocycles. The molecule has 0 aliphatic carbocycles. The SMILES string of the molecule is COC(=O)c1sc(NC(C)c2cn[nH]c2)c(OC)c1N. The van der Waals surface area contributed by atoms with Gasteiger partial charge in [0, 0.05) is 11.8 Å². The number of thiophene rings is 1. The van der Waals surface area contributed by atoms with Crippen molar-refractivity contribution in [3.05, 3.63) is 22.8 Å². The quantitative estimate of drug-likeness (QED) is 0.729. The van der Waals surface area contributed by atoms with Crippen molar-refractivity contribution in [3.8, 4) is 5.75 Å². The monoisotopic (exact) mass is 296 g/mol. The van der Waals surface area contributed by atoms with Crippen molar-refractivity contribution in [2.45, 2.75) is 13.0 Å². The lowest BCUT2D eigenvalue weighted by Crippen LogP contribution is -2.05. The van der Waals surface area contributed by atoms with E-state index < -0.39 is 5.97 Å². The maximum atomic E-state index is 11.6. The number of ether oxygens (including phenoxy) is 2. The van der Waals surface area contributed by atoms with Crippen molar-refractivity contribution in [1.82, 2.24) is 10.2 Å². The summed E-state index contributed by atoms with van der Waals surface area (Å²) >= 11 is 1.20. The van der Waals surface area contributed by atoms with Crippen LogP contribution >= 0.6 is 11.3 Å². The Hall–Kier alpha value is -2.22. The number of methoxy groups -OCH3 is 2. The van der Waals surface area contributed by atoms with Crippen LogP contribution in [0.1, 0.15) is 28.2 Å². The van der Waals surface area contributed by atoms with Crippen molar-refractivity contribution >= 4 is 28.0 Å². The number of nitrogen functional groups attached to an aromatic ring is 1. The summed E-state index contributed by atoms with van der Waals surface area (Å²) in [4.78, 5) is 12.0. The number of hydrogen-bond donors (Lipinski definition) is 3. The number of nitrogens with zero attached hydrogens (tertiary/aromatic N) is 1. The number of aromatic amines is 1. The van der Waals surface area contributed by atoms with E-state index in [9.17, 15) is 4.79 Å². The molecule has 0 amide bonds. The predicted octanol–water partition coefficient (Wildman–Crippen LogP) is 2.02. The molecular formula is C12H16N4O3S. The molecule has 2 rings (SSSR count). The number of carbonyl (C=O) groups excluding carboxylic acids is 1. The van der Waals surface area contributed by atoms with Crippen LogP contribution < -0.4 is 15.8 Å². The highest BCUT2D eigenvalue weighted by Crippen LogP contribution is 2.44. The van der Waals surface area contributed by atoms with Gasteiger partial charge < -0.3 is 20.5 Å². The third kappa shape index (κ3) is 2.55. The lowest BCUT2D eigenvalue weighted by Gasteiger charge is -2.13. The highest BCUT2D eigenvalue weighted by molar-refractivity contribution is 7.19. The van der Waals surface area contributed by atoms with Gasteiger partial charge in [0.05, 0.1) is 26.5 Å². The summed E-state index contributed by atoms with van der Waals surface area (Å²) < 4.78 is 9.96. The average molecular weight is 296 g/mol. The Morgan fingerprint density at radius 2 is 2.30 bits per heavy atom. The summed E-state index contributed by atoms with van der Waals surface area (Å²) in [6.45, 7) is 1.97. The molecule has 1 unspecified atom stereocenters. The Bertz CT molecular complexity index is 594. The molecule has 8 heteroatoms. The fourth-order valence-electron chi connectivity index (χ4n) is 1.75. The van der Waals surface area contributed by atoms with Gasteiger partial charge in [-0.05, 0) is 6.92 Å². The van der Waals surface area contributed by atoms with Gasteiger partial charge in [-0.15, -0.1) is 11.3 Å². The van der Waals surface area contributed by atoms with Crippen molar-refractivity contribution in [1.29, 1.82) is 0 Å². The first-order valence-corrected chi connectivity index (χ1v) is 6.69. The van der Waals surface area contributed by atoms with Crippen LogP contribution in [0, 0.1) is 0 Å². The van der Waals surface area contributed by atoms with Gasteiger partial charge in [-0.2, -0.15) is 5.10 Å². The van der Waals surface area contributed by atoms with E-state index in [1.165, 1.54) is 25.6 Å². The zero-order valence-electron chi connectivity index (χ0n) is 11.4. The van der Waals surface area contributed by atoms with E-state index in [-0.39, 0.29) is 11.7 Å². The van der Waals surface area contributed by atoms with Gasteiger partial charge >= 0.3 is 5.97 Å². The highest BCUT2D eigenvalue weighted by atomic mass is 32.1. The second-order valence-electron chi connectivity index (χ2n) is 4.10. The largest absolute Gasteiger partial charge is 0.492 e. The highest BCUT2D eigenvalue weighted by Gasteiger charge is 2.23. The Kier molecular flexibility index (Phi) is 4.14. The van der Waals surface area contributed by atoms with Crippen molar-refractivity contribution in [2.75, 3.05) is 25.3 Å². The van der Waals surface area contributed by atoms with Crippen LogP contribution in [0.4, 0.5) is 10.7 Å². The molecule has 2 heterocycles. The summed E-state index contributed by atoms with van der Waals surface area (Å²) in [7, 11) is 2.82. The minimum atomic E-state index is -0.477. The van der Waals surface area contributed by atoms with Gasteiger partial charge in [-0.3, -0.25) is 5.10 Å². The number of H-pyrrole nitrogens is 1. The first-order valence-electron chi connectivity index (χ1n) is 5.88. The van der Waals surface area contributed by atoms with Crippen LogP contribution in [-0.2, 0) is 4.74 Å². The minimum absolute atomic E-state index is 0.00815. The lowest BCUT2D eigenvalue weighted by molar-refractivity contribution is 0.0607. The molecule has 0 aromatic carbocycles. The molecular weight excluding hydrogens is 280 g/mol. The zero-order chi connectivity index (χ0) is 14.7. The third-order valence-electron chi connectivity index (χ3n) is 2.84. The van der Waals surface area contributed by atoms with Crippen LogP contribution in [0.3, 0.4) is 0 Å². The fourth-order valence-corrected chi connectivity index (χ4v) is 2.84. The van der Waals surface area contributed by atoms with E-state index in [2.05, 4.69) is 15.5 Å². The van der Waals surface area contributed by atoms with Gasteiger partial charge in [0.1, 0.15) is 15.6 Å². The first kappa shape index (κ1) is 14.2. The third-order valence-corrected chi connectivity index (χ3v) is 3.94. The number of carbonyl (C=O) groups is 1. The van der Waals surface area contributed by atoms with Crippen molar-refractivity contribution < 1.29 is 14.3 Å². The molecule has 0 spiro atoms. The minimum Gasteiger partial charge on any atom is -0.492 e. The maximum absolute atomic E-state index is 11.6. The standard InChI is InChI=1S/C12H16N4O3S/c1-6(7-4-14-15-5-7)16-11-9(18-2)8(13)10(20-11)12(17)19-3/h4-6,16H,13H2,1-3H3,(H,14,15). The molecule has 0 saturated carbocycles. The normalized spacial score (nSPS) is 11.9. The Morgan fingerprint density at radius 3 is 2.85 bits per heavy atom. The van der Waals surface area contributed by atoms with Crippen molar-refractivity contribution in [3.63, 3.8) is 0 Å². The second-order valence-corrected chi connectivity index (χ2v) is 5.12. The van der Waals surface area contributed by atoms with E-state index in [4.69, 9.17) is 15.2 Å². The van der Waals surface area contributed by atoms with Gasteiger partial charge in [0.25, 0.3) is 0 Å². The van der Waals surface area contributed by atoms with Crippen LogP contribution in [-0.4, -0.2) is 30.4 Å². The molecule has 20 heavy (non-hydrogen) atoms. The Morgan fingerprint density at radius 1 is 1.55 bits per heavy atom. The number of aromatic nitrogens is 2. The number of nitrogens with two attached hydrogens (primary N) is 1. The Balaban J connectivity index is 2.29. The molecule has 108 valence electrons. The second kappa shape index (κ2) is 5.83. The predicted molar refractivity (Wildman–Crippen MR) is 77.2 cm³/mol. The van der Waals surface area contributed by atoms with E-state index in [0.717, 1.165) is 5.56 Å². The van der Waals surface area contributed by atoms with Crippen LogP contribution in [0.25, 0.3) is 0 Å². The molecule has 4 N–H and O–H groups in total. The molecule has 1 atom stereocenters. The topological polar surface area (TPSA) is 102 Å². The van der Waals surface area contributed by atoms with Gasteiger partial charge in [-0.25, -0.2) is 4.79 Å². The van der Waals surface area contributed by atoms with E-state index in [1.807, 2.05) is 6.92 Å². The fraction of sp³-hybridized carbons (Fsp3) is 0.333. The number of nitrogens with one attached hydrogen (secondary N) is 2. The maximum Gasteiger partial charge on any atom is 0.350 e.